The van der Waals surface area contributed by atoms with Gasteiger partial charge in [0.25, 0.3) is 0 Å². The van der Waals surface area contributed by atoms with Crippen molar-refractivity contribution in [3.05, 3.63) is 12.2 Å². The van der Waals surface area contributed by atoms with Crippen LogP contribution in [-0.2, 0) is 4.79 Å². The fraction of sp³-hybridized carbons (Fsp3) is 0.833. The number of carboxylic acid groups (broad SMARTS) is 1. The first-order chi connectivity index (χ1) is 10.2. The minimum Gasteiger partial charge on any atom is -0.550 e. The molecular formula is C18H33O3-. The van der Waals surface area contributed by atoms with E-state index >= 15 is 0 Å². The Morgan fingerprint density at radius 3 is 2.33 bits per heavy atom. The molecule has 0 unspecified atom stereocenters. The second-order valence-electron chi connectivity index (χ2n) is 5.88. The topological polar surface area (TPSA) is 60.4 Å². The summed E-state index contributed by atoms with van der Waals surface area (Å²) in [5, 5.41) is 20.0. The van der Waals surface area contributed by atoms with Gasteiger partial charge in [-0.2, -0.15) is 0 Å². The van der Waals surface area contributed by atoms with Crippen LogP contribution in [0.15, 0.2) is 12.2 Å². The molecular weight excluding hydrogens is 264 g/mol. The molecule has 0 spiro atoms. The Labute approximate surface area is 130 Å². The van der Waals surface area contributed by atoms with E-state index in [-0.39, 0.29) is 12.5 Å². The van der Waals surface area contributed by atoms with Gasteiger partial charge in [-0.05, 0) is 32.1 Å². The van der Waals surface area contributed by atoms with E-state index in [4.69, 9.17) is 0 Å². The summed E-state index contributed by atoms with van der Waals surface area (Å²) in [6.07, 6.45) is 17.0. The molecule has 0 aromatic heterocycles. The van der Waals surface area contributed by atoms with Gasteiger partial charge in [0.2, 0.25) is 0 Å². The zero-order chi connectivity index (χ0) is 15.8. The number of hydrogen-bond acceptors (Lipinski definition) is 3. The Kier molecular flexibility index (Phi) is 14.9. The molecule has 0 saturated heterocycles. The number of rotatable bonds is 15. The molecule has 1 atom stereocenters. The molecule has 0 fully saturated rings. The van der Waals surface area contributed by atoms with Gasteiger partial charge in [0, 0.05) is 5.97 Å². The molecule has 0 aliphatic carbocycles. The van der Waals surface area contributed by atoms with E-state index in [1.54, 1.807) is 0 Å². The molecule has 3 nitrogen and oxygen atoms in total. The average molecular weight is 297 g/mol. The predicted octanol–water partition coefficient (Wildman–Crippen LogP) is 3.74. The molecule has 0 aromatic carbocycles. The Hall–Kier alpha value is -0.830. The van der Waals surface area contributed by atoms with E-state index in [9.17, 15) is 15.0 Å². The summed E-state index contributed by atoms with van der Waals surface area (Å²) in [6.45, 7) is 2.22. The number of aliphatic carboxylic acids is 1. The zero-order valence-electron chi connectivity index (χ0n) is 13.7. The highest BCUT2D eigenvalue weighted by Gasteiger charge is 1.98. The molecule has 0 aliphatic heterocycles. The fourth-order valence-electron chi connectivity index (χ4n) is 2.37. The highest BCUT2D eigenvalue weighted by atomic mass is 16.4. The molecule has 0 rings (SSSR count). The fourth-order valence-corrected chi connectivity index (χ4v) is 2.37. The number of allylic oxidation sites excluding steroid dienone is 1. The maximum atomic E-state index is 10.2. The van der Waals surface area contributed by atoms with Crippen LogP contribution in [0.5, 0.6) is 0 Å². The van der Waals surface area contributed by atoms with E-state index in [0.29, 0.717) is 6.42 Å². The standard InChI is InChI=1S/C18H34O3/c1-2-3-4-5-8-11-14-17(19)15-12-9-6-7-10-13-16-18(20)21/h12,15,17,19H,2-11,13-14,16H2,1H3,(H,20,21)/p-1/b15-12+/t17-/m0/s1. The largest absolute Gasteiger partial charge is 0.550 e. The first-order valence-corrected chi connectivity index (χ1v) is 8.71. The van der Waals surface area contributed by atoms with E-state index < -0.39 is 5.97 Å². The molecule has 124 valence electrons. The van der Waals surface area contributed by atoms with Crippen LogP contribution in [0.3, 0.4) is 0 Å². The van der Waals surface area contributed by atoms with Crippen molar-refractivity contribution < 1.29 is 15.0 Å². The number of aliphatic hydroxyl groups is 1. The van der Waals surface area contributed by atoms with Crippen molar-refractivity contribution in [3.63, 3.8) is 0 Å². The second-order valence-corrected chi connectivity index (χ2v) is 5.88. The van der Waals surface area contributed by atoms with Crippen LogP contribution in [0.4, 0.5) is 0 Å². The van der Waals surface area contributed by atoms with Gasteiger partial charge in [-0.25, -0.2) is 0 Å². The van der Waals surface area contributed by atoms with Crippen molar-refractivity contribution in [2.24, 2.45) is 0 Å². The molecule has 1 N–H and O–H groups in total. The third kappa shape index (κ3) is 17.1. The van der Waals surface area contributed by atoms with Gasteiger partial charge in [-0.1, -0.05) is 70.4 Å². The second kappa shape index (κ2) is 15.6. The Morgan fingerprint density at radius 2 is 1.62 bits per heavy atom. The summed E-state index contributed by atoms with van der Waals surface area (Å²) in [7, 11) is 0. The molecule has 0 heterocycles. The van der Waals surface area contributed by atoms with Gasteiger partial charge >= 0.3 is 0 Å². The number of carboxylic acids is 1. The van der Waals surface area contributed by atoms with Gasteiger partial charge in [-0.3, -0.25) is 0 Å². The lowest BCUT2D eigenvalue weighted by Gasteiger charge is -2.05. The first kappa shape index (κ1) is 20.2. The Morgan fingerprint density at radius 1 is 1.00 bits per heavy atom. The average Bonchev–Trinajstić information content (AvgIpc) is 2.45. The highest BCUT2D eigenvalue weighted by Crippen LogP contribution is 2.10. The van der Waals surface area contributed by atoms with Crippen LogP contribution in [0, 0.1) is 0 Å². The lowest BCUT2D eigenvalue weighted by molar-refractivity contribution is -0.305. The van der Waals surface area contributed by atoms with E-state index in [1.807, 2.05) is 6.08 Å². The maximum Gasteiger partial charge on any atom is 0.0720 e. The van der Waals surface area contributed by atoms with Crippen molar-refractivity contribution >= 4 is 5.97 Å². The zero-order valence-corrected chi connectivity index (χ0v) is 13.7. The Balaban J connectivity index is 3.29. The lowest BCUT2D eigenvalue weighted by Crippen LogP contribution is -2.21. The van der Waals surface area contributed by atoms with Crippen LogP contribution >= 0.6 is 0 Å². The van der Waals surface area contributed by atoms with Crippen LogP contribution in [-0.4, -0.2) is 17.2 Å². The minimum atomic E-state index is -0.951. The van der Waals surface area contributed by atoms with Crippen molar-refractivity contribution in [2.75, 3.05) is 0 Å². The van der Waals surface area contributed by atoms with Gasteiger partial charge in [0.05, 0.1) is 6.10 Å². The molecule has 0 saturated carbocycles. The van der Waals surface area contributed by atoms with Gasteiger partial charge in [0.1, 0.15) is 0 Å². The van der Waals surface area contributed by atoms with Crippen LogP contribution in [0.1, 0.15) is 90.4 Å². The van der Waals surface area contributed by atoms with E-state index in [0.717, 1.165) is 38.5 Å². The van der Waals surface area contributed by atoms with Gasteiger partial charge < -0.3 is 15.0 Å². The Bertz CT molecular complexity index is 261. The van der Waals surface area contributed by atoms with Crippen molar-refractivity contribution in [1.82, 2.24) is 0 Å². The molecule has 0 bridgehead atoms. The quantitative estimate of drug-likeness (QED) is 0.370. The SMILES string of the molecule is CCCCCCCC[C@H](O)/C=C/CCCCCCC(=O)[O-]. The first-order valence-electron chi connectivity index (χ1n) is 8.71. The van der Waals surface area contributed by atoms with Crippen molar-refractivity contribution in [2.45, 2.75) is 96.5 Å². The minimum absolute atomic E-state index is 0.173. The molecule has 0 aliphatic rings. The summed E-state index contributed by atoms with van der Waals surface area (Å²) in [5.74, 6) is -0.951. The molecule has 0 radical (unpaired) electrons. The predicted molar refractivity (Wildman–Crippen MR) is 85.8 cm³/mol. The van der Waals surface area contributed by atoms with E-state index in [2.05, 4.69) is 13.0 Å². The summed E-state index contributed by atoms with van der Waals surface area (Å²) >= 11 is 0. The number of aliphatic hydroxyl groups excluding tert-OH is 1. The molecule has 0 amide bonds. The van der Waals surface area contributed by atoms with Crippen LogP contribution in [0.25, 0.3) is 0 Å². The highest BCUT2D eigenvalue weighted by molar-refractivity contribution is 5.63. The number of hydrogen-bond donors (Lipinski definition) is 1. The van der Waals surface area contributed by atoms with E-state index in [1.165, 1.54) is 32.1 Å². The smallest absolute Gasteiger partial charge is 0.0720 e. The summed E-state index contributed by atoms with van der Waals surface area (Å²) in [5.41, 5.74) is 0. The number of unbranched alkanes of at least 4 members (excludes halogenated alkanes) is 9. The van der Waals surface area contributed by atoms with Crippen molar-refractivity contribution in [3.8, 4) is 0 Å². The van der Waals surface area contributed by atoms with Crippen LogP contribution < -0.4 is 5.11 Å². The monoisotopic (exact) mass is 297 g/mol. The molecule has 3 heteroatoms. The lowest BCUT2D eigenvalue weighted by atomic mass is 10.1. The summed E-state index contributed by atoms with van der Waals surface area (Å²) in [4.78, 5) is 10.2. The number of carbonyl (C=O) groups is 1. The third-order valence-electron chi connectivity index (χ3n) is 3.71. The van der Waals surface area contributed by atoms with Crippen LogP contribution in [0.2, 0.25) is 0 Å². The molecule has 21 heavy (non-hydrogen) atoms. The van der Waals surface area contributed by atoms with Gasteiger partial charge in [0.15, 0.2) is 0 Å². The maximum absolute atomic E-state index is 10.2. The van der Waals surface area contributed by atoms with Crippen molar-refractivity contribution in [1.29, 1.82) is 0 Å². The van der Waals surface area contributed by atoms with Gasteiger partial charge in [-0.15, -0.1) is 0 Å². The normalized spacial score (nSPS) is 12.9. The molecule has 0 aromatic rings. The summed E-state index contributed by atoms with van der Waals surface area (Å²) in [6, 6.07) is 0. The summed E-state index contributed by atoms with van der Waals surface area (Å²) < 4.78 is 0. The third-order valence-corrected chi connectivity index (χ3v) is 3.71. The number of carbonyl (C=O) groups excluding carboxylic acids is 1.